The van der Waals surface area contributed by atoms with E-state index in [1.165, 1.54) is 11.8 Å². The third-order valence-corrected chi connectivity index (χ3v) is 6.48. The minimum atomic E-state index is -0.527. The van der Waals surface area contributed by atoms with Crippen LogP contribution in [0.25, 0.3) is 0 Å². The van der Waals surface area contributed by atoms with Gasteiger partial charge >= 0.3 is 0 Å². The van der Waals surface area contributed by atoms with E-state index in [-0.39, 0.29) is 23.6 Å². The Morgan fingerprint density at radius 1 is 1.06 bits per heavy atom. The van der Waals surface area contributed by atoms with Gasteiger partial charge in [-0.1, -0.05) is 66.0 Å². The van der Waals surface area contributed by atoms with Crippen LogP contribution >= 0.6 is 35.0 Å². The fraction of sp³-hybridized carbons (Fsp3) is 0.417. The minimum absolute atomic E-state index is 0.00890. The van der Waals surface area contributed by atoms with Gasteiger partial charge in [0.15, 0.2) is 0 Å². The number of nitrogens with zero attached hydrogens (tertiary/aromatic N) is 1. The molecule has 4 nitrogen and oxygen atoms in total. The smallest absolute Gasteiger partial charge is 0.243 e. The zero-order valence-corrected chi connectivity index (χ0v) is 20.8. The molecule has 0 radical (unpaired) electrons. The van der Waals surface area contributed by atoms with Crippen molar-refractivity contribution in [1.29, 1.82) is 0 Å². The molecule has 2 amide bonds. The molecule has 0 saturated carbocycles. The van der Waals surface area contributed by atoms with Crippen LogP contribution in [0.5, 0.6) is 0 Å². The van der Waals surface area contributed by atoms with E-state index in [1.54, 1.807) is 23.1 Å². The lowest BCUT2D eigenvalue weighted by Gasteiger charge is -2.31. The molecule has 0 aliphatic carbocycles. The van der Waals surface area contributed by atoms with E-state index in [0.717, 1.165) is 16.7 Å². The van der Waals surface area contributed by atoms with E-state index in [1.807, 2.05) is 52.0 Å². The Labute approximate surface area is 199 Å². The molecule has 1 atom stereocenters. The van der Waals surface area contributed by atoms with Crippen molar-refractivity contribution in [3.05, 3.63) is 69.2 Å². The van der Waals surface area contributed by atoms with Gasteiger partial charge in [-0.25, -0.2) is 0 Å². The molecule has 0 heterocycles. The first-order chi connectivity index (χ1) is 14.7. The summed E-state index contributed by atoms with van der Waals surface area (Å²) in [5, 5.41) is 4.13. The molecule has 0 bridgehead atoms. The third kappa shape index (κ3) is 7.74. The summed E-state index contributed by atoms with van der Waals surface area (Å²) < 4.78 is 0. The Hall–Kier alpha value is -1.69. The Morgan fingerprint density at radius 2 is 1.68 bits per heavy atom. The highest BCUT2D eigenvalue weighted by Gasteiger charge is 2.28. The maximum atomic E-state index is 13.2. The monoisotopic (exact) mass is 480 g/mol. The maximum absolute atomic E-state index is 13.2. The summed E-state index contributed by atoms with van der Waals surface area (Å²) in [7, 11) is 0. The summed E-state index contributed by atoms with van der Waals surface area (Å²) in [4.78, 5) is 27.7. The van der Waals surface area contributed by atoms with Gasteiger partial charge < -0.3 is 10.2 Å². The van der Waals surface area contributed by atoms with Gasteiger partial charge in [0, 0.05) is 28.4 Å². The number of aryl methyl sites for hydroxylation is 1. The largest absolute Gasteiger partial charge is 0.352 e. The van der Waals surface area contributed by atoms with Crippen molar-refractivity contribution < 1.29 is 9.59 Å². The molecule has 2 aromatic rings. The molecule has 2 rings (SSSR count). The predicted octanol–water partition coefficient (Wildman–Crippen LogP) is 5.87. The molecule has 0 aliphatic rings. The number of hydrogen-bond acceptors (Lipinski definition) is 3. The molecule has 1 unspecified atom stereocenters. The van der Waals surface area contributed by atoms with Crippen LogP contribution in [-0.2, 0) is 21.9 Å². The van der Waals surface area contributed by atoms with E-state index >= 15 is 0 Å². The highest BCUT2D eigenvalue weighted by atomic mass is 35.5. The number of thioether (sulfide) groups is 1. The molecule has 0 saturated heterocycles. The first kappa shape index (κ1) is 25.6. The molecule has 168 valence electrons. The summed E-state index contributed by atoms with van der Waals surface area (Å²) in [6, 6.07) is 12.9. The maximum Gasteiger partial charge on any atom is 0.243 e. The number of halogens is 2. The van der Waals surface area contributed by atoms with E-state index in [9.17, 15) is 9.59 Å². The highest BCUT2D eigenvalue weighted by Crippen LogP contribution is 2.28. The van der Waals surface area contributed by atoms with E-state index in [4.69, 9.17) is 23.2 Å². The molecule has 0 aliphatic heterocycles. The van der Waals surface area contributed by atoms with Gasteiger partial charge in [0.05, 0.1) is 5.75 Å². The quantitative estimate of drug-likeness (QED) is 0.462. The van der Waals surface area contributed by atoms with E-state index < -0.39 is 6.04 Å². The first-order valence-electron chi connectivity index (χ1n) is 10.4. The summed E-state index contributed by atoms with van der Waals surface area (Å²) in [6.45, 7) is 8.17. The van der Waals surface area contributed by atoms with Crippen LogP contribution in [0.2, 0.25) is 10.0 Å². The van der Waals surface area contributed by atoms with Gasteiger partial charge in [0.25, 0.3) is 0 Å². The number of carbonyl (C=O) groups is 2. The fourth-order valence-electron chi connectivity index (χ4n) is 3.18. The first-order valence-corrected chi connectivity index (χ1v) is 12.3. The molecule has 0 spiro atoms. The number of carbonyl (C=O) groups excluding carboxylic acids is 2. The topological polar surface area (TPSA) is 49.4 Å². The fourth-order valence-corrected chi connectivity index (χ4v) is 4.83. The number of amides is 2. The van der Waals surface area contributed by atoms with Crippen molar-refractivity contribution in [3.8, 4) is 0 Å². The van der Waals surface area contributed by atoms with Crippen LogP contribution in [0, 0.1) is 6.92 Å². The second kappa shape index (κ2) is 12.4. The normalized spacial score (nSPS) is 12.0. The summed E-state index contributed by atoms with van der Waals surface area (Å²) in [6.07, 6.45) is 0.539. The van der Waals surface area contributed by atoms with Crippen LogP contribution in [-0.4, -0.2) is 34.6 Å². The predicted molar refractivity (Wildman–Crippen MR) is 132 cm³/mol. The van der Waals surface area contributed by atoms with Gasteiger partial charge in [0.2, 0.25) is 11.8 Å². The highest BCUT2D eigenvalue weighted by molar-refractivity contribution is 7.99. The van der Waals surface area contributed by atoms with Gasteiger partial charge in [-0.15, -0.1) is 11.8 Å². The molecule has 0 aromatic heterocycles. The Balaban J connectivity index is 2.16. The van der Waals surface area contributed by atoms with Gasteiger partial charge in [-0.05, 0) is 50.5 Å². The van der Waals surface area contributed by atoms with Crippen molar-refractivity contribution >= 4 is 46.8 Å². The minimum Gasteiger partial charge on any atom is -0.352 e. The number of benzene rings is 2. The molecule has 1 N–H and O–H groups in total. The summed E-state index contributed by atoms with van der Waals surface area (Å²) in [5.41, 5.74) is 2.96. The van der Waals surface area contributed by atoms with Crippen LogP contribution in [0.3, 0.4) is 0 Å². The zero-order valence-electron chi connectivity index (χ0n) is 18.5. The Bertz CT molecular complexity index is 867. The SMILES string of the molecule is CCC(C(=O)NC(C)C)N(Cc1ccc(C)cc1)C(=O)CSCc1c(Cl)cccc1Cl. The average molecular weight is 481 g/mol. The van der Waals surface area contributed by atoms with Crippen LogP contribution in [0.4, 0.5) is 0 Å². The lowest BCUT2D eigenvalue weighted by molar-refractivity contribution is -0.139. The number of rotatable bonds is 10. The molecule has 31 heavy (non-hydrogen) atoms. The average Bonchev–Trinajstić information content (AvgIpc) is 2.70. The summed E-state index contributed by atoms with van der Waals surface area (Å²) >= 11 is 13.9. The second-order valence-corrected chi connectivity index (χ2v) is 9.59. The van der Waals surface area contributed by atoms with E-state index in [2.05, 4.69) is 5.32 Å². The van der Waals surface area contributed by atoms with Crippen molar-refractivity contribution in [2.24, 2.45) is 0 Å². The number of hydrogen-bond donors (Lipinski definition) is 1. The van der Waals surface area contributed by atoms with Crippen molar-refractivity contribution in [2.45, 2.75) is 58.5 Å². The molecular weight excluding hydrogens is 451 g/mol. The molecular formula is C24H30Cl2N2O2S. The van der Waals surface area contributed by atoms with Crippen LogP contribution in [0.1, 0.15) is 43.9 Å². The van der Waals surface area contributed by atoms with E-state index in [0.29, 0.717) is 28.8 Å². The molecule has 0 fully saturated rings. The van der Waals surface area contributed by atoms with Crippen molar-refractivity contribution in [2.75, 3.05) is 5.75 Å². The van der Waals surface area contributed by atoms with Gasteiger partial charge in [-0.2, -0.15) is 0 Å². The van der Waals surface area contributed by atoms with Crippen molar-refractivity contribution in [1.82, 2.24) is 10.2 Å². The Kier molecular flexibility index (Phi) is 10.2. The standard InChI is InChI=1S/C24H30Cl2N2O2S/c1-5-22(24(30)27-16(2)3)28(13-18-11-9-17(4)10-12-18)23(29)15-31-14-19-20(25)7-6-8-21(19)26/h6-12,16,22H,5,13-15H2,1-4H3,(H,27,30). The van der Waals surface area contributed by atoms with Crippen LogP contribution in [0.15, 0.2) is 42.5 Å². The molecule has 2 aromatic carbocycles. The summed E-state index contributed by atoms with van der Waals surface area (Å²) in [5.74, 6) is 0.549. The zero-order chi connectivity index (χ0) is 23.0. The number of nitrogens with one attached hydrogen (secondary N) is 1. The third-order valence-electron chi connectivity index (χ3n) is 4.82. The second-order valence-electron chi connectivity index (χ2n) is 7.79. The van der Waals surface area contributed by atoms with Gasteiger partial charge in [-0.3, -0.25) is 9.59 Å². The van der Waals surface area contributed by atoms with Crippen LogP contribution < -0.4 is 5.32 Å². The lowest BCUT2D eigenvalue weighted by Crippen LogP contribution is -2.50. The Morgan fingerprint density at radius 3 is 2.23 bits per heavy atom. The van der Waals surface area contributed by atoms with Gasteiger partial charge in [0.1, 0.15) is 6.04 Å². The lowest BCUT2D eigenvalue weighted by atomic mass is 10.1. The van der Waals surface area contributed by atoms with Crippen molar-refractivity contribution in [3.63, 3.8) is 0 Å². The molecule has 7 heteroatoms.